The second kappa shape index (κ2) is 19.9. The molecule has 1 atom stereocenters. The molecule has 7 heteroatoms. The van der Waals surface area contributed by atoms with Crippen molar-refractivity contribution in [1.82, 2.24) is 24.9 Å². The van der Waals surface area contributed by atoms with Crippen molar-refractivity contribution in [2.24, 2.45) is 4.99 Å². The highest BCUT2D eigenvalue weighted by Gasteiger charge is 2.21. The number of hydrogen-bond donors (Lipinski definition) is 1. The lowest BCUT2D eigenvalue weighted by atomic mass is 10.1. The number of unbranched alkanes of at least 4 members (excludes halogenated alkanes) is 2. The largest absolute Gasteiger partial charge is 0.389 e. The summed E-state index contributed by atoms with van der Waals surface area (Å²) in [7, 11) is 0. The molecule has 6 nitrogen and oxygen atoms in total. The fourth-order valence-electron chi connectivity index (χ4n) is 4.90. The van der Waals surface area contributed by atoms with Gasteiger partial charge in [0.1, 0.15) is 5.83 Å². The van der Waals surface area contributed by atoms with Gasteiger partial charge in [-0.25, -0.2) is 9.07 Å². The molecule has 2 aliphatic rings. The molecular formula is C34H53FN6. The van der Waals surface area contributed by atoms with Crippen LogP contribution in [0.15, 0.2) is 83.1 Å². The molecule has 0 aromatic carbocycles. The van der Waals surface area contributed by atoms with Gasteiger partial charge >= 0.3 is 0 Å². The predicted octanol–water partition coefficient (Wildman–Crippen LogP) is 7.46. The molecule has 3 rings (SSSR count). The van der Waals surface area contributed by atoms with Crippen LogP contribution in [0.4, 0.5) is 4.39 Å². The Morgan fingerprint density at radius 1 is 1.17 bits per heavy atom. The quantitative estimate of drug-likeness (QED) is 0.153. The lowest BCUT2D eigenvalue weighted by Crippen LogP contribution is -2.49. The van der Waals surface area contributed by atoms with Gasteiger partial charge < -0.3 is 5.32 Å². The van der Waals surface area contributed by atoms with Crippen LogP contribution in [0.25, 0.3) is 5.70 Å². The van der Waals surface area contributed by atoms with E-state index in [-0.39, 0.29) is 5.83 Å². The molecule has 1 aliphatic heterocycles. The maximum Gasteiger partial charge on any atom is 0.106 e. The van der Waals surface area contributed by atoms with E-state index in [1.54, 1.807) is 17.0 Å². The van der Waals surface area contributed by atoms with Gasteiger partial charge in [0.25, 0.3) is 0 Å². The van der Waals surface area contributed by atoms with Crippen LogP contribution in [-0.2, 0) is 0 Å². The first-order chi connectivity index (χ1) is 19.9. The topological polar surface area (TPSA) is 48.7 Å². The summed E-state index contributed by atoms with van der Waals surface area (Å²) in [4.78, 5) is 9.72. The van der Waals surface area contributed by atoms with Crippen LogP contribution in [0, 0.1) is 6.92 Å². The highest BCUT2D eigenvalue weighted by molar-refractivity contribution is 5.60. The van der Waals surface area contributed by atoms with Crippen molar-refractivity contribution >= 4 is 11.9 Å². The van der Waals surface area contributed by atoms with Crippen LogP contribution in [0.5, 0.6) is 0 Å². The number of hydrogen-bond acceptors (Lipinski definition) is 5. The number of nitrogens with zero attached hydrogens (tertiary/aromatic N) is 5. The van der Waals surface area contributed by atoms with Crippen molar-refractivity contribution in [2.75, 3.05) is 39.3 Å². The van der Waals surface area contributed by atoms with Crippen LogP contribution in [0.2, 0.25) is 0 Å². The second-order valence-corrected chi connectivity index (χ2v) is 10.6. The van der Waals surface area contributed by atoms with E-state index in [1.165, 1.54) is 50.4 Å². The molecule has 2 heterocycles. The molecule has 0 bridgehead atoms. The molecule has 0 spiro atoms. The first-order valence-electron chi connectivity index (χ1n) is 15.4. The molecule has 1 unspecified atom stereocenters. The van der Waals surface area contributed by atoms with Gasteiger partial charge in [0, 0.05) is 76.0 Å². The van der Waals surface area contributed by atoms with E-state index in [0.717, 1.165) is 49.3 Å². The maximum absolute atomic E-state index is 13.1. The van der Waals surface area contributed by atoms with Gasteiger partial charge in [-0.2, -0.15) is 5.10 Å². The smallest absolute Gasteiger partial charge is 0.106 e. The van der Waals surface area contributed by atoms with Gasteiger partial charge in [0.2, 0.25) is 0 Å². The lowest BCUT2D eigenvalue weighted by Gasteiger charge is -2.38. The minimum absolute atomic E-state index is 0.139. The zero-order chi connectivity index (χ0) is 29.9. The van der Waals surface area contributed by atoms with Crippen LogP contribution >= 0.6 is 0 Å². The Morgan fingerprint density at radius 2 is 1.95 bits per heavy atom. The van der Waals surface area contributed by atoms with Crippen LogP contribution < -0.4 is 5.32 Å². The third-order valence-electron chi connectivity index (χ3n) is 7.21. The summed E-state index contributed by atoms with van der Waals surface area (Å²) in [5, 5.41) is 7.38. The zero-order valence-corrected chi connectivity index (χ0v) is 26.3. The molecule has 1 fully saturated rings. The fraction of sp³-hybridized carbons (Fsp3) is 0.529. The molecule has 0 radical (unpaired) electrons. The minimum atomic E-state index is -0.139. The van der Waals surface area contributed by atoms with Gasteiger partial charge in [0.05, 0.1) is 11.4 Å². The Kier molecular flexibility index (Phi) is 16.6. The molecule has 1 aromatic rings. The molecule has 1 N–H and O–H groups in total. The fourth-order valence-corrected chi connectivity index (χ4v) is 4.90. The number of aryl methyl sites for hydroxylation is 1. The standard InChI is InChI=1S/C23H42N4.C11H11FN2/c1-6-10-11-13-21(5)27-16-14-26(15-17-27)20-22(12-7-2)18-23(25-9-4)19-24-8-3;1-9-6-7-13-14(9)11-5-3-2-4-10(12)8-11/h7,9,12,18-19,21,24H,6,8,10-11,13-17,20H2,1-5H3;2-3,5-8H,4H2,1H3/b12-7-,22-18+,23-19-,25-9?;. The molecule has 1 aromatic heterocycles. The van der Waals surface area contributed by atoms with E-state index in [0.29, 0.717) is 6.42 Å². The van der Waals surface area contributed by atoms with Crippen LogP contribution in [-0.4, -0.2) is 71.1 Å². The summed E-state index contributed by atoms with van der Waals surface area (Å²) in [5.41, 5.74) is 4.06. The first-order valence-corrected chi connectivity index (χ1v) is 15.4. The van der Waals surface area contributed by atoms with E-state index >= 15 is 0 Å². The summed E-state index contributed by atoms with van der Waals surface area (Å²) in [5.74, 6) is -0.139. The van der Waals surface area contributed by atoms with Crippen molar-refractivity contribution in [3.8, 4) is 0 Å². The average molecular weight is 565 g/mol. The van der Waals surface area contributed by atoms with Crippen molar-refractivity contribution in [2.45, 2.75) is 79.7 Å². The summed E-state index contributed by atoms with van der Waals surface area (Å²) in [6.45, 7) is 19.3. The number of rotatable bonds is 13. The molecule has 1 saturated heterocycles. The predicted molar refractivity (Wildman–Crippen MR) is 175 cm³/mol. The summed E-state index contributed by atoms with van der Waals surface area (Å²) < 4.78 is 14.9. The van der Waals surface area contributed by atoms with E-state index < -0.39 is 0 Å². The highest BCUT2D eigenvalue weighted by Crippen LogP contribution is 2.18. The number of aromatic nitrogens is 2. The zero-order valence-electron chi connectivity index (χ0n) is 26.3. The summed E-state index contributed by atoms with van der Waals surface area (Å²) in [6, 6.07) is 2.61. The SMILES string of the molecule is CC=NC(=C\NCC)/C=C(\C=C/C)CN1CCN(C(C)CCCCC)CC1.Cc1ccnn1C1=CC=CCC(F)=C1. The Labute approximate surface area is 248 Å². The van der Waals surface area contributed by atoms with Crippen molar-refractivity contribution in [3.05, 3.63) is 83.8 Å². The summed E-state index contributed by atoms with van der Waals surface area (Å²) >= 11 is 0. The van der Waals surface area contributed by atoms with Gasteiger partial charge in [-0.3, -0.25) is 14.8 Å². The monoisotopic (exact) mass is 564 g/mol. The molecule has 41 heavy (non-hydrogen) atoms. The molecule has 226 valence electrons. The van der Waals surface area contributed by atoms with Crippen molar-refractivity contribution in [1.29, 1.82) is 0 Å². The Bertz CT molecular complexity index is 1100. The number of aliphatic imine (C=N–C) groups is 1. The first kappa shape index (κ1) is 34.2. The van der Waals surface area contributed by atoms with Crippen molar-refractivity contribution < 1.29 is 4.39 Å². The van der Waals surface area contributed by atoms with Crippen LogP contribution in [0.3, 0.4) is 0 Å². The van der Waals surface area contributed by atoms with Gasteiger partial charge in [-0.1, -0.05) is 50.5 Å². The number of allylic oxidation sites excluding steroid dienone is 8. The Hall–Kier alpha value is -3.03. The number of piperazine rings is 1. The molecule has 0 saturated carbocycles. The number of nitrogens with one attached hydrogen (secondary N) is 1. The normalized spacial score (nSPS) is 18.2. The maximum atomic E-state index is 13.1. The van der Waals surface area contributed by atoms with E-state index in [9.17, 15) is 4.39 Å². The summed E-state index contributed by atoms with van der Waals surface area (Å²) in [6.07, 6.45) is 24.8. The second-order valence-electron chi connectivity index (χ2n) is 10.6. The minimum Gasteiger partial charge on any atom is -0.389 e. The highest BCUT2D eigenvalue weighted by atomic mass is 19.1. The number of halogens is 1. The Balaban J connectivity index is 0.000000348. The molecule has 1 aliphatic carbocycles. The third-order valence-corrected chi connectivity index (χ3v) is 7.21. The van der Waals surface area contributed by atoms with Gasteiger partial charge in [-0.05, 0) is 70.9 Å². The molecule has 0 amide bonds. The third kappa shape index (κ3) is 13.0. The average Bonchev–Trinajstić information content (AvgIpc) is 3.28. The van der Waals surface area contributed by atoms with E-state index in [4.69, 9.17) is 0 Å². The lowest BCUT2D eigenvalue weighted by molar-refractivity contribution is 0.104. The van der Waals surface area contributed by atoms with Gasteiger partial charge in [0.15, 0.2) is 0 Å². The van der Waals surface area contributed by atoms with E-state index in [2.05, 4.69) is 71.1 Å². The Morgan fingerprint density at radius 3 is 2.59 bits per heavy atom. The van der Waals surface area contributed by atoms with Gasteiger partial charge in [-0.15, -0.1) is 0 Å². The molecular weight excluding hydrogens is 511 g/mol. The van der Waals surface area contributed by atoms with Crippen LogP contribution in [0.1, 0.15) is 72.4 Å². The van der Waals surface area contributed by atoms with E-state index in [1.807, 2.05) is 44.5 Å². The van der Waals surface area contributed by atoms with Crippen molar-refractivity contribution in [3.63, 3.8) is 0 Å².